The lowest BCUT2D eigenvalue weighted by molar-refractivity contribution is 0.0953. The van der Waals surface area contributed by atoms with Crippen LogP contribution in [-0.4, -0.2) is 31.8 Å². The molecule has 0 aliphatic heterocycles. The van der Waals surface area contributed by atoms with Crippen molar-refractivity contribution in [1.29, 1.82) is 0 Å². The van der Waals surface area contributed by atoms with Crippen LogP contribution in [0.1, 0.15) is 28.8 Å². The van der Waals surface area contributed by atoms with Gasteiger partial charge in [0.05, 0.1) is 17.6 Å². The lowest BCUT2D eigenvalue weighted by Gasteiger charge is -2.06. The minimum atomic E-state index is -0.316. The summed E-state index contributed by atoms with van der Waals surface area (Å²) in [5, 5.41) is 7.64. The maximum absolute atomic E-state index is 13.3. The topological polar surface area (TPSA) is 64.7 Å². The number of carbonyl (C=O) groups excluding carboxylic acids is 1. The quantitative estimate of drug-likeness (QED) is 0.433. The van der Waals surface area contributed by atoms with Gasteiger partial charge in [0.15, 0.2) is 0 Å². The van der Waals surface area contributed by atoms with Gasteiger partial charge in [0.2, 0.25) is 0 Å². The van der Waals surface area contributed by atoms with Crippen molar-refractivity contribution in [3.8, 4) is 16.9 Å². The Bertz CT molecular complexity index is 1150. The third-order valence-electron chi connectivity index (χ3n) is 5.03. The van der Waals surface area contributed by atoms with E-state index in [1.54, 1.807) is 35.5 Å². The second-order valence-electron chi connectivity index (χ2n) is 7.45. The van der Waals surface area contributed by atoms with Crippen LogP contribution < -0.4 is 5.32 Å². The van der Waals surface area contributed by atoms with Crippen molar-refractivity contribution < 1.29 is 9.18 Å². The number of halogens is 1. The van der Waals surface area contributed by atoms with Crippen LogP contribution in [0, 0.1) is 12.7 Å². The summed E-state index contributed by atoms with van der Waals surface area (Å²) in [6, 6.07) is 13.9. The summed E-state index contributed by atoms with van der Waals surface area (Å²) >= 11 is 0. The molecular formula is C24H24FN5O. The monoisotopic (exact) mass is 417 g/mol. The molecule has 0 saturated carbocycles. The van der Waals surface area contributed by atoms with E-state index in [-0.39, 0.29) is 11.7 Å². The molecule has 0 radical (unpaired) electrons. The first-order valence-electron chi connectivity index (χ1n) is 10.3. The second-order valence-corrected chi connectivity index (χ2v) is 7.45. The highest BCUT2D eigenvalue weighted by molar-refractivity contribution is 6.00. The number of imidazole rings is 1. The fourth-order valence-corrected chi connectivity index (χ4v) is 3.41. The van der Waals surface area contributed by atoms with E-state index in [2.05, 4.69) is 15.4 Å². The van der Waals surface area contributed by atoms with Gasteiger partial charge in [-0.15, -0.1) is 0 Å². The summed E-state index contributed by atoms with van der Waals surface area (Å²) in [4.78, 5) is 17.0. The number of nitrogens with zero attached hydrogens (tertiary/aromatic N) is 4. The zero-order valence-electron chi connectivity index (χ0n) is 17.3. The summed E-state index contributed by atoms with van der Waals surface area (Å²) in [6.45, 7) is 3.44. The van der Waals surface area contributed by atoms with Crippen molar-refractivity contribution in [3.05, 3.63) is 90.4 Å². The molecule has 2 aromatic heterocycles. The van der Waals surface area contributed by atoms with Gasteiger partial charge < -0.3 is 9.88 Å². The van der Waals surface area contributed by atoms with Gasteiger partial charge >= 0.3 is 0 Å². The lowest BCUT2D eigenvalue weighted by Crippen LogP contribution is -2.24. The Morgan fingerprint density at radius 1 is 1.13 bits per heavy atom. The fourth-order valence-electron chi connectivity index (χ4n) is 3.41. The molecule has 0 spiro atoms. The van der Waals surface area contributed by atoms with Gasteiger partial charge in [-0.25, -0.2) is 14.1 Å². The van der Waals surface area contributed by atoms with Crippen molar-refractivity contribution in [2.45, 2.75) is 26.3 Å². The number of amides is 1. The van der Waals surface area contributed by atoms with Crippen LogP contribution in [0.15, 0.2) is 73.4 Å². The number of hydrogen-bond acceptors (Lipinski definition) is 3. The molecule has 1 amide bonds. The van der Waals surface area contributed by atoms with Gasteiger partial charge in [-0.2, -0.15) is 5.10 Å². The Hall–Kier alpha value is -3.74. The zero-order valence-corrected chi connectivity index (χ0v) is 17.3. The van der Waals surface area contributed by atoms with Crippen LogP contribution in [0.2, 0.25) is 0 Å². The maximum atomic E-state index is 13.3. The number of aromatic nitrogens is 4. The summed E-state index contributed by atoms with van der Waals surface area (Å²) < 4.78 is 17.0. The summed E-state index contributed by atoms with van der Waals surface area (Å²) in [5.74, 6) is -0.490. The minimum Gasteiger partial charge on any atom is -0.352 e. The second kappa shape index (κ2) is 9.38. The summed E-state index contributed by atoms with van der Waals surface area (Å²) in [7, 11) is 0. The Morgan fingerprint density at radius 3 is 2.71 bits per heavy atom. The Morgan fingerprint density at radius 2 is 1.97 bits per heavy atom. The number of unbranched alkanes of at least 4 members (excludes halogenated alkanes) is 1. The van der Waals surface area contributed by atoms with Gasteiger partial charge in [0, 0.05) is 37.2 Å². The normalized spacial score (nSPS) is 10.9. The van der Waals surface area contributed by atoms with Crippen molar-refractivity contribution in [1.82, 2.24) is 24.6 Å². The molecule has 2 heterocycles. The van der Waals surface area contributed by atoms with Gasteiger partial charge in [-0.1, -0.05) is 23.8 Å². The standard InChI is InChI=1S/C24H24FN5O/c1-18-5-4-6-19(15-18)23-22(16-30(28-23)21-9-7-20(25)8-10-21)24(31)27-11-2-3-13-29-14-12-26-17-29/h4-10,12,14-17H,2-3,11,13H2,1H3,(H,27,31). The average Bonchev–Trinajstić information content (AvgIpc) is 3.44. The predicted molar refractivity (Wildman–Crippen MR) is 117 cm³/mol. The Balaban J connectivity index is 1.51. The van der Waals surface area contributed by atoms with Crippen LogP contribution in [0.25, 0.3) is 16.9 Å². The maximum Gasteiger partial charge on any atom is 0.255 e. The molecule has 31 heavy (non-hydrogen) atoms. The fraction of sp³-hybridized carbons (Fsp3) is 0.208. The highest BCUT2D eigenvalue weighted by Gasteiger charge is 2.18. The van der Waals surface area contributed by atoms with E-state index >= 15 is 0 Å². The number of nitrogens with one attached hydrogen (secondary N) is 1. The van der Waals surface area contributed by atoms with E-state index in [1.807, 2.05) is 42.0 Å². The van der Waals surface area contributed by atoms with E-state index in [0.717, 1.165) is 30.5 Å². The number of carbonyl (C=O) groups is 1. The number of benzene rings is 2. The first-order valence-corrected chi connectivity index (χ1v) is 10.3. The molecule has 0 aliphatic carbocycles. The largest absolute Gasteiger partial charge is 0.352 e. The predicted octanol–water partition coefficient (Wildman–Crippen LogP) is 4.39. The third-order valence-corrected chi connectivity index (χ3v) is 5.03. The highest BCUT2D eigenvalue weighted by Crippen LogP contribution is 2.25. The van der Waals surface area contributed by atoms with E-state index < -0.39 is 0 Å². The molecular weight excluding hydrogens is 393 g/mol. The molecule has 0 saturated heterocycles. The van der Waals surface area contributed by atoms with Gasteiger partial charge in [-0.05, 0) is 50.1 Å². The molecule has 0 aliphatic rings. The number of rotatable bonds is 8. The zero-order chi connectivity index (χ0) is 21.6. The van der Waals surface area contributed by atoms with Gasteiger partial charge in [0.1, 0.15) is 11.5 Å². The third kappa shape index (κ3) is 5.06. The Labute approximate surface area is 180 Å². The first-order chi connectivity index (χ1) is 15.1. The first kappa shape index (κ1) is 20.5. The average molecular weight is 417 g/mol. The molecule has 2 aromatic carbocycles. The summed E-state index contributed by atoms with van der Waals surface area (Å²) in [6.07, 6.45) is 8.97. The summed E-state index contributed by atoms with van der Waals surface area (Å²) in [5.41, 5.74) is 3.73. The van der Waals surface area contributed by atoms with Crippen molar-refractivity contribution in [2.75, 3.05) is 6.54 Å². The molecule has 0 fully saturated rings. The molecule has 158 valence electrons. The number of hydrogen-bond donors (Lipinski definition) is 1. The van der Waals surface area contributed by atoms with Crippen LogP contribution in [0.4, 0.5) is 4.39 Å². The van der Waals surface area contributed by atoms with Gasteiger partial charge in [0.25, 0.3) is 5.91 Å². The van der Waals surface area contributed by atoms with Crippen molar-refractivity contribution in [3.63, 3.8) is 0 Å². The van der Waals surface area contributed by atoms with E-state index in [4.69, 9.17) is 0 Å². The van der Waals surface area contributed by atoms with Crippen LogP contribution in [0.5, 0.6) is 0 Å². The SMILES string of the molecule is Cc1cccc(-c2nn(-c3ccc(F)cc3)cc2C(=O)NCCCCn2ccnc2)c1. The van der Waals surface area contributed by atoms with E-state index in [0.29, 0.717) is 23.5 Å². The van der Waals surface area contributed by atoms with E-state index in [9.17, 15) is 9.18 Å². The molecule has 0 atom stereocenters. The molecule has 6 nitrogen and oxygen atoms in total. The molecule has 1 N–H and O–H groups in total. The van der Waals surface area contributed by atoms with Crippen LogP contribution >= 0.6 is 0 Å². The molecule has 0 unspecified atom stereocenters. The molecule has 7 heteroatoms. The lowest BCUT2D eigenvalue weighted by atomic mass is 10.1. The molecule has 0 bridgehead atoms. The van der Waals surface area contributed by atoms with E-state index in [1.165, 1.54) is 12.1 Å². The van der Waals surface area contributed by atoms with Gasteiger partial charge in [-0.3, -0.25) is 4.79 Å². The van der Waals surface area contributed by atoms with Crippen LogP contribution in [0.3, 0.4) is 0 Å². The smallest absolute Gasteiger partial charge is 0.255 e. The van der Waals surface area contributed by atoms with Crippen LogP contribution in [-0.2, 0) is 6.54 Å². The molecule has 4 aromatic rings. The van der Waals surface area contributed by atoms with Crippen molar-refractivity contribution >= 4 is 5.91 Å². The Kier molecular flexibility index (Phi) is 6.21. The minimum absolute atomic E-state index is 0.174. The van der Waals surface area contributed by atoms with Crippen molar-refractivity contribution in [2.24, 2.45) is 0 Å². The molecule has 4 rings (SSSR count). The highest BCUT2D eigenvalue weighted by atomic mass is 19.1. The number of aryl methyl sites for hydroxylation is 2.